The lowest BCUT2D eigenvalue weighted by Crippen LogP contribution is -2.49. The third-order valence-electron chi connectivity index (χ3n) is 4.61. The lowest BCUT2D eigenvalue weighted by atomic mass is 10.2. The number of nitrogens with zero attached hydrogens (tertiary/aromatic N) is 3. The van der Waals surface area contributed by atoms with Gasteiger partial charge in [-0.3, -0.25) is 9.69 Å². The molecule has 0 radical (unpaired) electrons. The number of carbonyl (C=O) groups excluding carboxylic acids is 1. The van der Waals surface area contributed by atoms with E-state index < -0.39 is 11.7 Å². The first-order valence-electron chi connectivity index (χ1n) is 8.79. The number of amides is 1. The van der Waals surface area contributed by atoms with Crippen LogP contribution in [0.2, 0.25) is 5.02 Å². The number of hydrogen-bond donors (Lipinski definition) is 1. The van der Waals surface area contributed by atoms with E-state index in [0.717, 1.165) is 17.8 Å². The maximum absolute atomic E-state index is 12.6. The molecule has 9 heteroatoms. The third-order valence-corrected chi connectivity index (χ3v) is 4.85. The van der Waals surface area contributed by atoms with Crippen LogP contribution >= 0.6 is 11.6 Å². The van der Waals surface area contributed by atoms with E-state index in [1.165, 1.54) is 6.07 Å². The van der Waals surface area contributed by atoms with Crippen molar-refractivity contribution in [3.8, 4) is 0 Å². The largest absolute Gasteiger partial charge is 0.417 e. The highest BCUT2D eigenvalue weighted by molar-refractivity contribution is 6.31. The van der Waals surface area contributed by atoms with Gasteiger partial charge in [0.05, 0.1) is 12.1 Å². The zero-order chi connectivity index (χ0) is 20.3. The van der Waals surface area contributed by atoms with Crippen molar-refractivity contribution in [3.05, 3.63) is 52.7 Å². The van der Waals surface area contributed by atoms with Crippen molar-refractivity contribution in [1.29, 1.82) is 0 Å². The number of halogens is 4. The number of pyridine rings is 1. The van der Waals surface area contributed by atoms with E-state index in [0.29, 0.717) is 42.7 Å². The minimum Gasteiger partial charge on any atom is -0.354 e. The Morgan fingerprint density at radius 1 is 1.18 bits per heavy atom. The Bertz CT molecular complexity index is 834. The van der Waals surface area contributed by atoms with Crippen LogP contribution in [0, 0.1) is 6.92 Å². The van der Waals surface area contributed by atoms with E-state index in [1.54, 1.807) is 12.1 Å². The van der Waals surface area contributed by atoms with Crippen molar-refractivity contribution in [3.63, 3.8) is 0 Å². The number of carbonyl (C=O) groups is 1. The molecular formula is C19H20ClF3N4O. The van der Waals surface area contributed by atoms with Gasteiger partial charge in [-0.15, -0.1) is 0 Å². The fourth-order valence-corrected chi connectivity index (χ4v) is 3.17. The number of aromatic nitrogens is 1. The normalized spacial score (nSPS) is 15.5. The maximum atomic E-state index is 12.6. The number of piperazine rings is 1. The van der Waals surface area contributed by atoms with Gasteiger partial charge in [-0.1, -0.05) is 17.7 Å². The molecule has 2 heterocycles. The number of anilines is 2. The van der Waals surface area contributed by atoms with Gasteiger partial charge < -0.3 is 10.2 Å². The van der Waals surface area contributed by atoms with E-state index in [4.69, 9.17) is 11.6 Å². The monoisotopic (exact) mass is 412 g/mol. The highest BCUT2D eigenvalue weighted by atomic mass is 35.5. The number of nitrogens with one attached hydrogen (secondary N) is 1. The van der Waals surface area contributed by atoms with Gasteiger partial charge in [0.1, 0.15) is 5.82 Å². The Morgan fingerprint density at radius 3 is 2.50 bits per heavy atom. The average Bonchev–Trinajstić information content (AvgIpc) is 2.65. The number of alkyl halides is 3. The minimum absolute atomic E-state index is 0.133. The lowest BCUT2D eigenvalue weighted by molar-refractivity contribution is -0.137. The van der Waals surface area contributed by atoms with Crippen molar-refractivity contribution < 1.29 is 18.0 Å². The zero-order valence-corrected chi connectivity index (χ0v) is 16.0. The maximum Gasteiger partial charge on any atom is 0.417 e. The van der Waals surface area contributed by atoms with Gasteiger partial charge in [0.2, 0.25) is 5.91 Å². The molecule has 1 aliphatic rings. The Hall–Kier alpha value is -2.32. The van der Waals surface area contributed by atoms with Gasteiger partial charge in [-0.25, -0.2) is 4.98 Å². The molecule has 0 bridgehead atoms. The van der Waals surface area contributed by atoms with E-state index in [9.17, 15) is 18.0 Å². The van der Waals surface area contributed by atoms with Crippen LogP contribution in [0.5, 0.6) is 0 Å². The van der Waals surface area contributed by atoms with Crippen molar-refractivity contribution in [1.82, 2.24) is 9.88 Å². The van der Waals surface area contributed by atoms with E-state index >= 15 is 0 Å². The number of hydrogen-bond acceptors (Lipinski definition) is 4. The van der Waals surface area contributed by atoms with Crippen molar-refractivity contribution in [2.24, 2.45) is 0 Å². The van der Waals surface area contributed by atoms with Crippen LogP contribution in [-0.4, -0.2) is 48.5 Å². The summed E-state index contributed by atoms with van der Waals surface area (Å²) in [5, 5.41) is 3.42. The van der Waals surface area contributed by atoms with Crippen LogP contribution in [-0.2, 0) is 11.0 Å². The van der Waals surface area contributed by atoms with Gasteiger partial charge in [0.25, 0.3) is 0 Å². The summed E-state index contributed by atoms with van der Waals surface area (Å²) >= 11 is 5.97. The highest BCUT2D eigenvalue weighted by Crippen LogP contribution is 2.29. The van der Waals surface area contributed by atoms with Crippen LogP contribution < -0.4 is 10.2 Å². The quantitative estimate of drug-likeness (QED) is 0.829. The Kier molecular flexibility index (Phi) is 6.10. The van der Waals surface area contributed by atoms with E-state index in [1.807, 2.05) is 22.8 Å². The van der Waals surface area contributed by atoms with Gasteiger partial charge >= 0.3 is 6.18 Å². The molecule has 1 fully saturated rings. The molecule has 28 heavy (non-hydrogen) atoms. The molecule has 1 aliphatic heterocycles. The van der Waals surface area contributed by atoms with Gasteiger partial charge in [0.15, 0.2) is 0 Å². The summed E-state index contributed by atoms with van der Waals surface area (Å²) in [5.41, 5.74) is 0.851. The summed E-state index contributed by atoms with van der Waals surface area (Å²) in [6.07, 6.45) is -3.54. The summed E-state index contributed by atoms with van der Waals surface area (Å²) in [4.78, 5) is 20.1. The molecule has 1 aromatic carbocycles. The van der Waals surface area contributed by atoms with Gasteiger partial charge in [-0.05, 0) is 36.8 Å². The number of aryl methyl sites for hydroxylation is 1. The summed E-state index contributed by atoms with van der Waals surface area (Å²) in [6, 6.07) is 7.74. The number of rotatable bonds is 4. The Balaban J connectivity index is 1.51. The zero-order valence-electron chi connectivity index (χ0n) is 15.3. The molecule has 150 valence electrons. The van der Waals surface area contributed by atoms with Crippen LogP contribution in [0.15, 0.2) is 36.5 Å². The third kappa shape index (κ3) is 5.14. The SMILES string of the molecule is Cc1ccc(Cl)cc1NC(=O)CN1CCN(c2ccc(C(F)(F)F)cn2)CC1. The molecule has 0 unspecified atom stereocenters. The molecule has 1 aromatic heterocycles. The smallest absolute Gasteiger partial charge is 0.354 e. The molecular weight excluding hydrogens is 393 g/mol. The predicted octanol–water partition coefficient (Wildman–Crippen LogP) is 3.82. The lowest BCUT2D eigenvalue weighted by Gasteiger charge is -2.35. The molecule has 0 atom stereocenters. The van der Waals surface area contributed by atoms with Crippen LogP contribution in [0.1, 0.15) is 11.1 Å². The van der Waals surface area contributed by atoms with Crippen molar-refractivity contribution >= 4 is 29.0 Å². The van der Waals surface area contributed by atoms with Crippen LogP contribution in [0.25, 0.3) is 0 Å². The molecule has 0 saturated carbocycles. The highest BCUT2D eigenvalue weighted by Gasteiger charge is 2.31. The standard InChI is InChI=1S/C19H20ClF3N4O/c1-13-2-4-15(20)10-16(13)25-18(28)12-26-6-8-27(9-7-26)17-5-3-14(11-24-17)19(21,22)23/h2-5,10-11H,6-9,12H2,1H3,(H,25,28). The first kappa shape index (κ1) is 20.4. The second-order valence-electron chi connectivity index (χ2n) is 6.67. The van der Waals surface area contributed by atoms with Crippen molar-refractivity contribution in [2.75, 3.05) is 42.9 Å². The van der Waals surface area contributed by atoms with Crippen molar-refractivity contribution in [2.45, 2.75) is 13.1 Å². The van der Waals surface area contributed by atoms with E-state index in [-0.39, 0.29) is 12.5 Å². The molecule has 2 aromatic rings. The van der Waals surface area contributed by atoms with Gasteiger partial charge in [-0.2, -0.15) is 13.2 Å². The second kappa shape index (κ2) is 8.36. The molecule has 1 amide bonds. The Labute approximate surface area is 166 Å². The molecule has 5 nitrogen and oxygen atoms in total. The first-order valence-corrected chi connectivity index (χ1v) is 9.17. The van der Waals surface area contributed by atoms with Crippen LogP contribution in [0.3, 0.4) is 0 Å². The molecule has 1 N–H and O–H groups in total. The van der Waals surface area contributed by atoms with Crippen LogP contribution in [0.4, 0.5) is 24.7 Å². The summed E-state index contributed by atoms with van der Waals surface area (Å²) in [5.74, 6) is 0.373. The first-order chi connectivity index (χ1) is 13.2. The second-order valence-corrected chi connectivity index (χ2v) is 7.11. The Morgan fingerprint density at radius 2 is 1.89 bits per heavy atom. The molecule has 0 aliphatic carbocycles. The summed E-state index contributed by atoms with van der Waals surface area (Å²) in [7, 11) is 0. The summed E-state index contributed by atoms with van der Waals surface area (Å²) < 4.78 is 37.9. The molecule has 1 saturated heterocycles. The van der Waals surface area contributed by atoms with E-state index in [2.05, 4.69) is 10.3 Å². The topological polar surface area (TPSA) is 48.5 Å². The average molecular weight is 413 g/mol. The fourth-order valence-electron chi connectivity index (χ4n) is 3.00. The van der Waals surface area contributed by atoms with Gasteiger partial charge in [0, 0.05) is 43.1 Å². The predicted molar refractivity (Wildman–Crippen MR) is 103 cm³/mol. The molecule has 0 spiro atoms. The number of benzene rings is 1. The fraction of sp³-hybridized carbons (Fsp3) is 0.368. The minimum atomic E-state index is -4.39. The molecule has 3 rings (SSSR count). The summed E-state index contributed by atoms with van der Waals surface area (Å²) in [6.45, 7) is 4.53.